The second-order valence-corrected chi connectivity index (χ2v) is 12.6. The molecule has 46 heavy (non-hydrogen) atoms. The van der Waals surface area contributed by atoms with Gasteiger partial charge in [0.2, 0.25) is 5.28 Å². The lowest BCUT2D eigenvalue weighted by Crippen LogP contribution is -1.98. The first-order valence-corrected chi connectivity index (χ1v) is 16.2. The van der Waals surface area contributed by atoms with E-state index >= 15 is 0 Å². The van der Waals surface area contributed by atoms with E-state index in [0.717, 1.165) is 59.8 Å². The fourth-order valence-corrected chi connectivity index (χ4v) is 7.85. The second kappa shape index (κ2) is 10.8. The molecule has 0 N–H and O–H groups in total. The molecule has 9 aromatic rings. The van der Waals surface area contributed by atoms with E-state index in [4.69, 9.17) is 21.6 Å². The van der Waals surface area contributed by atoms with Gasteiger partial charge in [0, 0.05) is 48.6 Å². The van der Waals surface area contributed by atoms with E-state index in [2.05, 4.69) is 113 Å². The Balaban J connectivity index is 1.20. The lowest BCUT2D eigenvalue weighted by atomic mass is 9.97. The van der Waals surface area contributed by atoms with E-state index in [0.29, 0.717) is 11.6 Å². The Morgan fingerprint density at radius 2 is 1.20 bits per heavy atom. The molecule has 6 heteroatoms. The van der Waals surface area contributed by atoms with Crippen LogP contribution in [-0.4, -0.2) is 19.9 Å². The summed E-state index contributed by atoms with van der Waals surface area (Å²) in [5, 5.41) is 7.07. The van der Waals surface area contributed by atoms with Crippen molar-refractivity contribution < 1.29 is 0 Å². The Kier molecular flexibility index (Phi) is 6.33. The Morgan fingerprint density at radius 3 is 2.07 bits per heavy atom. The zero-order valence-corrected chi connectivity index (χ0v) is 25.9. The molecule has 9 rings (SSSR count). The summed E-state index contributed by atoms with van der Waals surface area (Å²) in [7, 11) is 0. The zero-order valence-electron chi connectivity index (χ0n) is 24.4. The number of benzene rings is 6. The minimum absolute atomic E-state index is 0.169. The van der Waals surface area contributed by atoms with Gasteiger partial charge in [0.25, 0.3) is 0 Å². The Hall–Kier alpha value is -5.49. The fourth-order valence-electron chi connectivity index (χ4n) is 6.44. The van der Waals surface area contributed by atoms with Crippen molar-refractivity contribution in [2.24, 2.45) is 0 Å². The van der Waals surface area contributed by atoms with Crippen molar-refractivity contribution >= 4 is 64.7 Å². The van der Waals surface area contributed by atoms with Crippen molar-refractivity contribution in [1.29, 1.82) is 0 Å². The average Bonchev–Trinajstić information content (AvgIpc) is 3.49. The van der Waals surface area contributed by atoms with Crippen molar-refractivity contribution in [2.75, 3.05) is 0 Å². The van der Waals surface area contributed by atoms with Crippen molar-refractivity contribution in [3.05, 3.63) is 145 Å². The number of fused-ring (bicyclic) bond motifs is 6. The number of rotatable bonds is 4. The normalized spacial score (nSPS) is 11.6. The fraction of sp³-hybridized carbons (Fsp3) is 0. The van der Waals surface area contributed by atoms with Crippen LogP contribution in [0.3, 0.4) is 0 Å². The highest BCUT2D eigenvalue weighted by molar-refractivity contribution is 7.26. The highest BCUT2D eigenvalue weighted by Gasteiger charge is 2.18. The van der Waals surface area contributed by atoms with E-state index < -0.39 is 0 Å². The van der Waals surface area contributed by atoms with Crippen molar-refractivity contribution in [2.45, 2.75) is 0 Å². The van der Waals surface area contributed by atoms with Crippen LogP contribution in [0.4, 0.5) is 0 Å². The molecule has 0 unspecified atom stereocenters. The van der Waals surface area contributed by atoms with Gasteiger partial charge in [0.1, 0.15) is 0 Å². The van der Waals surface area contributed by atoms with Gasteiger partial charge in [-0.25, -0.2) is 4.98 Å². The monoisotopic (exact) mass is 626 g/mol. The minimum Gasteiger partial charge on any atom is -0.256 e. The van der Waals surface area contributed by atoms with Crippen molar-refractivity contribution in [3.8, 4) is 45.2 Å². The standard InChI is InChI=1S/C40H23ClN4S/c41-40-44-38(43-39(45-40)34-22-25-12-4-5-13-27(25)29-14-6-7-15-30(29)34)33-17-8-16-32-31-20-19-26(23-35(31)46-37(32)33)28-18-9-21-42-36(28)24-10-2-1-3-11-24/h1-23H. The van der Waals surface area contributed by atoms with Crippen LogP contribution in [0.1, 0.15) is 0 Å². The lowest BCUT2D eigenvalue weighted by molar-refractivity contribution is 1.07. The Morgan fingerprint density at radius 1 is 0.478 bits per heavy atom. The molecule has 0 saturated carbocycles. The summed E-state index contributed by atoms with van der Waals surface area (Å²) in [6, 6.07) is 46.3. The number of aromatic nitrogens is 4. The maximum Gasteiger partial charge on any atom is 0.226 e. The summed E-state index contributed by atoms with van der Waals surface area (Å²) >= 11 is 8.38. The summed E-state index contributed by atoms with van der Waals surface area (Å²) in [6.45, 7) is 0. The van der Waals surface area contributed by atoms with Gasteiger partial charge < -0.3 is 0 Å². The number of hydrogen-bond acceptors (Lipinski definition) is 5. The highest BCUT2D eigenvalue weighted by Crippen LogP contribution is 2.42. The summed E-state index contributed by atoms with van der Waals surface area (Å²) in [5.74, 6) is 1.12. The molecule has 0 aliphatic heterocycles. The molecule has 0 amide bonds. The van der Waals surface area contributed by atoms with E-state index in [1.54, 1.807) is 11.3 Å². The average molecular weight is 627 g/mol. The molecule has 6 aromatic carbocycles. The summed E-state index contributed by atoms with van der Waals surface area (Å²) in [5.41, 5.74) is 6.16. The molecule has 0 bridgehead atoms. The third-order valence-corrected chi connectivity index (χ3v) is 9.89. The topological polar surface area (TPSA) is 51.6 Å². The molecule has 0 atom stereocenters. The first-order chi connectivity index (χ1) is 22.7. The van der Waals surface area contributed by atoms with Gasteiger partial charge >= 0.3 is 0 Å². The molecule has 0 fully saturated rings. The molecule has 0 aliphatic rings. The van der Waals surface area contributed by atoms with Crippen LogP contribution in [0.25, 0.3) is 86.9 Å². The smallest absolute Gasteiger partial charge is 0.226 e. The molecule has 0 aliphatic carbocycles. The number of halogens is 1. The Bertz CT molecular complexity index is 2610. The quantitative estimate of drug-likeness (QED) is 0.182. The minimum atomic E-state index is 0.169. The number of thiophene rings is 1. The maximum atomic E-state index is 6.64. The van der Waals surface area contributed by atoms with Crippen LogP contribution >= 0.6 is 22.9 Å². The van der Waals surface area contributed by atoms with E-state index in [1.165, 1.54) is 15.5 Å². The summed E-state index contributed by atoms with van der Waals surface area (Å²) in [4.78, 5) is 19.1. The van der Waals surface area contributed by atoms with E-state index in [9.17, 15) is 0 Å². The first kappa shape index (κ1) is 26.9. The zero-order chi connectivity index (χ0) is 30.6. The SMILES string of the molecule is Clc1nc(-c2cc3ccccc3c3ccccc23)nc(-c2cccc3c2sc2cc(-c4cccnc4-c4ccccc4)ccc23)n1. The largest absolute Gasteiger partial charge is 0.256 e. The molecule has 216 valence electrons. The predicted octanol–water partition coefficient (Wildman–Crippen LogP) is 11.3. The van der Waals surface area contributed by atoms with Gasteiger partial charge in [-0.05, 0) is 63.0 Å². The maximum absolute atomic E-state index is 6.64. The molecule has 3 aromatic heterocycles. The molecule has 3 heterocycles. The molecule has 0 spiro atoms. The molecular weight excluding hydrogens is 604 g/mol. The highest BCUT2D eigenvalue weighted by atomic mass is 35.5. The molecule has 0 radical (unpaired) electrons. The first-order valence-electron chi connectivity index (χ1n) is 15.0. The van der Waals surface area contributed by atoms with Gasteiger partial charge in [0.05, 0.1) is 5.69 Å². The van der Waals surface area contributed by atoms with Gasteiger partial charge in [0.15, 0.2) is 11.6 Å². The molecular formula is C40H23ClN4S. The number of pyridine rings is 1. The van der Waals surface area contributed by atoms with Crippen LogP contribution in [0, 0.1) is 0 Å². The Labute approximate surface area is 273 Å². The van der Waals surface area contributed by atoms with Crippen LogP contribution in [0.15, 0.2) is 140 Å². The van der Waals surface area contributed by atoms with Gasteiger partial charge in [-0.1, -0.05) is 109 Å². The van der Waals surface area contributed by atoms with Crippen LogP contribution in [0.2, 0.25) is 5.28 Å². The molecule has 0 saturated heterocycles. The number of nitrogens with zero attached hydrogens (tertiary/aromatic N) is 4. The van der Waals surface area contributed by atoms with Crippen LogP contribution < -0.4 is 0 Å². The lowest BCUT2D eigenvalue weighted by Gasteiger charge is -2.11. The van der Waals surface area contributed by atoms with Crippen molar-refractivity contribution in [1.82, 2.24) is 19.9 Å². The van der Waals surface area contributed by atoms with E-state index in [1.807, 2.05) is 36.5 Å². The van der Waals surface area contributed by atoms with Crippen molar-refractivity contribution in [3.63, 3.8) is 0 Å². The summed E-state index contributed by atoms with van der Waals surface area (Å²) in [6.07, 6.45) is 1.85. The molecule has 4 nitrogen and oxygen atoms in total. The van der Waals surface area contributed by atoms with Gasteiger partial charge in [-0.3, -0.25) is 4.98 Å². The summed E-state index contributed by atoms with van der Waals surface area (Å²) < 4.78 is 2.30. The van der Waals surface area contributed by atoms with Crippen LogP contribution in [0.5, 0.6) is 0 Å². The third-order valence-electron chi connectivity index (χ3n) is 8.52. The number of hydrogen-bond donors (Lipinski definition) is 0. The predicted molar refractivity (Wildman–Crippen MR) is 192 cm³/mol. The second-order valence-electron chi connectivity index (χ2n) is 11.2. The van der Waals surface area contributed by atoms with Gasteiger partial charge in [-0.15, -0.1) is 11.3 Å². The third kappa shape index (κ3) is 4.44. The van der Waals surface area contributed by atoms with E-state index in [-0.39, 0.29) is 5.28 Å². The van der Waals surface area contributed by atoms with Crippen LogP contribution in [-0.2, 0) is 0 Å². The van der Waals surface area contributed by atoms with Gasteiger partial charge in [-0.2, -0.15) is 9.97 Å².